The predicted molar refractivity (Wildman–Crippen MR) is 88.7 cm³/mol. The molecule has 0 bridgehead atoms. The first-order valence-electron chi connectivity index (χ1n) is 7.21. The van der Waals surface area contributed by atoms with E-state index in [0.717, 1.165) is 10.3 Å². The van der Waals surface area contributed by atoms with Crippen molar-refractivity contribution in [2.75, 3.05) is 12.9 Å². The van der Waals surface area contributed by atoms with Gasteiger partial charge in [-0.1, -0.05) is 6.07 Å². The van der Waals surface area contributed by atoms with Gasteiger partial charge in [0.15, 0.2) is 0 Å². The number of carbonyl (C=O) groups excluding carboxylic acids is 2. The van der Waals surface area contributed by atoms with E-state index < -0.39 is 11.7 Å². The van der Waals surface area contributed by atoms with E-state index in [1.165, 1.54) is 23.6 Å². The number of benzene rings is 1. The second kappa shape index (κ2) is 7.04. The Morgan fingerprint density at radius 1 is 1.30 bits per heavy atom. The maximum atomic E-state index is 12.2. The van der Waals surface area contributed by atoms with Crippen LogP contribution in [-0.2, 0) is 14.3 Å². The molecule has 0 saturated heterocycles. The Morgan fingerprint density at radius 2 is 2.04 bits per heavy atom. The van der Waals surface area contributed by atoms with Crippen LogP contribution in [0.4, 0.5) is 4.79 Å². The van der Waals surface area contributed by atoms with E-state index >= 15 is 0 Å². The Hall–Kier alpha value is -2.02. The lowest BCUT2D eigenvalue weighted by Gasteiger charge is -2.19. The van der Waals surface area contributed by atoms with Gasteiger partial charge in [-0.2, -0.15) is 9.78 Å². The van der Waals surface area contributed by atoms with Crippen molar-refractivity contribution < 1.29 is 19.1 Å². The zero-order valence-electron chi connectivity index (χ0n) is 13.7. The van der Waals surface area contributed by atoms with E-state index in [2.05, 4.69) is 9.84 Å². The molecule has 0 aliphatic heterocycles. The minimum absolute atomic E-state index is 0.239. The second-order valence-electron chi connectivity index (χ2n) is 5.93. The number of esters is 1. The molecule has 0 atom stereocenters. The molecule has 7 heteroatoms. The Balaban J connectivity index is 2.16. The second-order valence-corrected chi connectivity index (χ2v) is 7.10. The summed E-state index contributed by atoms with van der Waals surface area (Å²) in [6.07, 6.45) is 1.45. The van der Waals surface area contributed by atoms with Crippen molar-refractivity contribution in [3.63, 3.8) is 0 Å². The Labute approximate surface area is 139 Å². The number of methoxy groups -OCH3 is 1. The fraction of sp³-hybridized carbons (Fsp3) is 0.438. The van der Waals surface area contributed by atoms with Gasteiger partial charge in [0.1, 0.15) is 5.60 Å². The molecule has 1 aromatic heterocycles. The van der Waals surface area contributed by atoms with E-state index in [4.69, 9.17) is 4.74 Å². The number of thioether (sulfide) groups is 1. The molecule has 0 aliphatic carbocycles. The van der Waals surface area contributed by atoms with Gasteiger partial charge in [0.05, 0.1) is 25.2 Å². The molecule has 0 N–H and O–H groups in total. The number of aromatic nitrogens is 2. The molecular formula is C16H20N2O4S. The van der Waals surface area contributed by atoms with Crippen LogP contribution in [0.25, 0.3) is 10.9 Å². The summed E-state index contributed by atoms with van der Waals surface area (Å²) in [5, 5.41) is 4.96. The molecule has 2 aromatic rings. The summed E-state index contributed by atoms with van der Waals surface area (Å²) in [5.41, 5.74) is 0.102. The summed E-state index contributed by atoms with van der Waals surface area (Å²) < 4.78 is 11.2. The lowest BCUT2D eigenvalue weighted by molar-refractivity contribution is -0.140. The number of rotatable bonds is 4. The molecule has 2 rings (SSSR count). The van der Waals surface area contributed by atoms with Crippen LogP contribution in [0.15, 0.2) is 29.3 Å². The average Bonchev–Trinajstić information content (AvgIpc) is 2.88. The Morgan fingerprint density at radius 3 is 2.70 bits per heavy atom. The highest BCUT2D eigenvalue weighted by molar-refractivity contribution is 7.99. The summed E-state index contributed by atoms with van der Waals surface area (Å²) in [6, 6.07) is 5.70. The van der Waals surface area contributed by atoms with Crippen LogP contribution in [0.1, 0.15) is 27.2 Å². The van der Waals surface area contributed by atoms with Crippen LogP contribution >= 0.6 is 11.8 Å². The molecule has 1 heterocycles. The van der Waals surface area contributed by atoms with E-state index in [0.29, 0.717) is 17.7 Å². The highest BCUT2D eigenvalue weighted by Gasteiger charge is 2.20. The summed E-state index contributed by atoms with van der Waals surface area (Å²) in [5.74, 6) is 0.371. The standard InChI is InChI=1S/C16H20N2O4S/c1-16(2,3)22-15(20)18-13-9-12(6-5-11(13)10-17-18)23-8-7-14(19)21-4/h5-6,9-10H,7-8H2,1-4H3. The molecule has 0 unspecified atom stereocenters. The van der Waals surface area contributed by atoms with Crippen molar-refractivity contribution in [3.05, 3.63) is 24.4 Å². The number of ether oxygens (including phenoxy) is 2. The van der Waals surface area contributed by atoms with E-state index in [-0.39, 0.29) is 5.97 Å². The molecule has 0 aliphatic rings. The summed E-state index contributed by atoms with van der Waals surface area (Å²) in [6.45, 7) is 5.43. The molecule has 0 radical (unpaired) electrons. The summed E-state index contributed by atoms with van der Waals surface area (Å²) in [7, 11) is 1.37. The summed E-state index contributed by atoms with van der Waals surface area (Å²) in [4.78, 5) is 24.3. The minimum Gasteiger partial charge on any atom is -0.469 e. The van der Waals surface area contributed by atoms with Crippen LogP contribution in [0.2, 0.25) is 0 Å². The third-order valence-corrected chi connectivity index (χ3v) is 3.91. The van der Waals surface area contributed by atoms with Gasteiger partial charge in [-0.05, 0) is 32.9 Å². The molecule has 0 fully saturated rings. The normalized spacial score (nSPS) is 11.5. The largest absolute Gasteiger partial charge is 0.469 e. The fourth-order valence-electron chi connectivity index (χ4n) is 1.89. The highest BCUT2D eigenvalue weighted by Crippen LogP contribution is 2.25. The maximum Gasteiger partial charge on any atom is 0.435 e. The molecule has 1 aromatic carbocycles. The van der Waals surface area contributed by atoms with Gasteiger partial charge in [-0.3, -0.25) is 4.79 Å². The average molecular weight is 336 g/mol. The monoisotopic (exact) mass is 336 g/mol. The predicted octanol–water partition coefficient (Wildman–Crippen LogP) is 3.47. The van der Waals surface area contributed by atoms with Crippen molar-refractivity contribution in [2.45, 2.75) is 37.7 Å². The first kappa shape index (κ1) is 17.3. The number of hydrogen-bond donors (Lipinski definition) is 0. The van der Waals surface area contributed by atoms with Gasteiger partial charge >= 0.3 is 12.1 Å². The molecule has 23 heavy (non-hydrogen) atoms. The molecular weight excluding hydrogens is 316 g/mol. The van der Waals surface area contributed by atoms with Gasteiger partial charge in [0, 0.05) is 16.0 Å². The van der Waals surface area contributed by atoms with Gasteiger partial charge in [-0.25, -0.2) is 4.79 Å². The maximum absolute atomic E-state index is 12.2. The van der Waals surface area contributed by atoms with Crippen LogP contribution in [-0.4, -0.2) is 40.3 Å². The van der Waals surface area contributed by atoms with Crippen LogP contribution in [0.3, 0.4) is 0 Å². The highest BCUT2D eigenvalue weighted by atomic mass is 32.2. The zero-order chi connectivity index (χ0) is 17.0. The fourth-order valence-corrected chi connectivity index (χ4v) is 2.76. The topological polar surface area (TPSA) is 70.4 Å². The molecule has 6 nitrogen and oxygen atoms in total. The van der Waals surface area contributed by atoms with Gasteiger partial charge in [0.25, 0.3) is 0 Å². The number of carbonyl (C=O) groups is 2. The van der Waals surface area contributed by atoms with E-state index in [1.54, 1.807) is 6.20 Å². The zero-order valence-corrected chi connectivity index (χ0v) is 14.5. The molecule has 0 amide bonds. The van der Waals surface area contributed by atoms with Gasteiger partial charge in [-0.15, -0.1) is 11.8 Å². The van der Waals surface area contributed by atoms with Crippen LogP contribution in [0, 0.1) is 0 Å². The number of fused-ring (bicyclic) bond motifs is 1. The van der Waals surface area contributed by atoms with E-state index in [1.807, 2.05) is 39.0 Å². The van der Waals surface area contributed by atoms with Crippen molar-refractivity contribution >= 4 is 34.7 Å². The lowest BCUT2D eigenvalue weighted by atomic mass is 10.2. The third kappa shape index (κ3) is 4.72. The first-order chi connectivity index (χ1) is 10.8. The van der Waals surface area contributed by atoms with Crippen molar-refractivity contribution in [1.29, 1.82) is 0 Å². The smallest absolute Gasteiger partial charge is 0.435 e. The van der Waals surface area contributed by atoms with Gasteiger partial charge < -0.3 is 9.47 Å². The lowest BCUT2D eigenvalue weighted by Crippen LogP contribution is -2.27. The molecule has 0 saturated carbocycles. The SMILES string of the molecule is COC(=O)CCSc1ccc2cnn(C(=O)OC(C)(C)C)c2c1. The number of nitrogens with zero attached hydrogens (tertiary/aromatic N) is 2. The van der Waals surface area contributed by atoms with E-state index in [9.17, 15) is 9.59 Å². The van der Waals surface area contributed by atoms with Crippen molar-refractivity contribution in [3.8, 4) is 0 Å². The van der Waals surface area contributed by atoms with Crippen LogP contribution < -0.4 is 0 Å². The third-order valence-electron chi connectivity index (χ3n) is 2.91. The first-order valence-corrected chi connectivity index (χ1v) is 8.19. The van der Waals surface area contributed by atoms with Crippen molar-refractivity contribution in [2.24, 2.45) is 0 Å². The quantitative estimate of drug-likeness (QED) is 0.629. The van der Waals surface area contributed by atoms with Crippen molar-refractivity contribution in [1.82, 2.24) is 9.78 Å². The van der Waals surface area contributed by atoms with Crippen LogP contribution in [0.5, 0.6) is 0 Å². The Kier molecular flexibility index (Phi) is 5.30. The number of hydrogen-bond acceptors (Lipinski definition) is 6. The molecule has 0 spiro atoms. The van der Waals surface area contributed by atoms with Gasteiger partial charge in [0.2, 0.25) is 0 Å². The minimum atomic E-state index is -0.581. The Bertz CT molecular complexity index is 718. The summed E-state index contributed by atoms with van der Waals surface area (Å²) >= 11 is 1.52. The molecule has 124 valence electrons.